The smallest absolute Gasteiger partial charge is 0.325 e. The third kappa shape index (κ3) is 10.9. The van der Waals surface area contributed by atoms with Crippen LogP contribution in [0.15, 0.2) is 4.95 Å². The zero-order chi connectivity index (χ0) is 19.3. The van der Waals surface area contributed by atoms with Crippen LogP contribution in [-0.4, -0.2) is 107 Å². The fourth-order valence-electron chi connectivity index (χ4n) is 2.43. The molecule has 0 saturated carbocycles. The van der Waals surface area contributed by atoms with Crippen molar-refractivity contribution in [2.75, 3.05) is 58.1 Å². The maximum Gasteiger partial charge on any atom is 0.419 e. The van der Waals surface area contributed by atoms with Crippen LogP contribution in [0, 0.1) is 4.91 Å². The highest BCUT2D eigenvalue weighted by molar-refractivity contribution is 7.58. The Morgan fingerprint density at radius 3 is 1.36 bits per heavy atom. The summed E-state index contributed by atoms with van der Waals surface area (Å²) in [6.45, 7) is 1.22. The molecule has 1 aliphatic rings. The normalized spacial score (nSPS) is 22.7. The number of nitroso groups, excluding NO2 is 1. The molecule has 1 atom stereocenters. The molecule has 1 heterocycles. The second-order valence-corrected chi connectivity index (χ2v) is 11.0. The molecule has 0 aromatic carbocycles. The van der Waals surface area contributed by atoms with Gasteiger partial charge in [0.25, 0.3) is 0 Å². The summed E-state index contributed by atoms with van der Waals surface area (Å²) in [7, 11) is -12.4. The fraction of sp³-hybridized carbons (Fsp3) is 1.00. The second kappa shape index (κ2) is 9.48. The molecule has 0 radical (unpaired) electrons. The summed E-state index contributed by atoms with van der Waals surface area (Å²) >= 11 is 0. The minimum absolute atomic E-state index is 0.186. The molecule has 13 nitrogen and oxygen atoms in total. The summed E-state index contributed by atoms with van der Waals surface area (Å²) in [5, 5.41) is 0. The highest BCUT2D eigenvalue weighted by Crippen LogP contribution is 2.46. The van der Waals surface area contributed by atoms with Crippen LogP contribution in [-0.2, 0) is 4.57 Å². The third-order valence-corrected chi connectivity index (χ3v) is 6.07. The lowest BCUT2D eigenvalue weighted by Crippen LogP contribution is -2.37. The molecule has 0 aromatic rings. The van der Waals surface area contributed by atoms with E-state index in [1.54, 1.807) is 0 Å². The van der Waals surface area contributed by atoms with Gasteiger partial charge in [0.1, 0.15) is 0 Å². The molecule has 0 aromatic heterocycles. The minimum Gasteiger partial charge on any atom is -0.325 e. The first-order chi connectivity index (χ1) is 11.3. The molecule has 0 aliphatic carbocycles. The van der Waals surface area contributed by atoms with Crippen LogP contribution in [0.4, 0.5) is 0 Å². The highest BCUT2D eigenvalue weighted by Gasteiger charge is 2.37. The summed E-state index contributed by atoms with van der Waals surface area (Å²) in [5.74, 6) is 0. The second-order valence-electron chi connectivity index (χ2n) is 5.91. The molecule has 148 valence electrons. The predicted octanol–water partition coefficient (Wildman–Crippen LogP) is -1.79. The number of hydrogen-bond acceptors (Lipinski definition) is 11. The van der Waals surface area contributed by atoms with Gasteiger partial charge in [0.15, 0.2) is 12.6 Å². The molecule has 1 saturated heterocycles. The average molecular weight is 426 g/mol. The van der Waals surface area contributed by atoms with Gasteiger partial charge in [-0.1, -0.05) is 0 Å². The van der Waals surface area contributed by atoms with Gasteiger partial charge in [-0.25, -0.2) is 0 Å². The van der Waals surface area contributed by atoms with Crippen molar-refractivity contribution >= 4 is 23.4 Å². The van der Waals surface area contributed by atoms with E-state index in [1.807, 2.05) is 0 Å². The van der Waals surface area contributed by atoms with E-state index in [-0.39, 0.29) is 39.3 Å². The van der Waals surface area contributed by atoms with E-state index in [0.717, 1.165) is 0 Å². The Morgan fingerprint density at radius 2 is 1.08 bits per heavy atom. The van der Waals surface area contributed by atoms with Crippen LogP contribution in [0.25, 0.3) is 0 Å². The van der Waals surface area contributed by atoms with Gasteiger partial charge in [-0.3, -0.25) is 19.3 Å². The summed E-state index contributed by atoms with van der Waals surface area (Å²) in [6.07, 6.45) is -1.35. The molecule has 0 spiro atoms. The van der Waals surface area contributed by atoms with Gasteiger partial charge in [0.05, 0.1) is 6.29 Å². The van der Waals surface area contributed by atoms with Crippen molar-refractivity contribution < 1.29 is 38.8 Å². The van der Waals surface area contributed by atoms with Gasteiger partial charge >= 0.3 is 23.4 Å². The van der Waals surface area contributed by atoms with Crippen molar-refractivity contribution in [1.82, 2.24) is 14.7 Å². The van der Waals surface area contributed by atoms with Crippen molar-refractivity contribution in [3.8, 4) is 0 Å². The average Bonchev–Trinajstić information content (AvgIpc) is 2.50. The van der Waals surface area contributed by atoms with E-state index >= 15 is 0 Å². The van der Waals surface area contributed by atoms with Crippen LogP contribution < -0.4 is 0 Å². The summed E-state index contributed by atoms with van der Waals surface area (Å²) in [6, 6.07) is 0. The molecule has 1 unspecified atom stereocenters. The Morgan fingerprint density at radius 1 is 0.760 bits per heavy atom. The van der Waals surface area contributed by atoms with Crippen molar-refractivity contribution in [2.24, 2.45) is 4.95 Å². The lowest BCUT2D eigenvalue weighted by atomic mass is 10.5. The topological polar surface area (TPSA) is 198 Å². The van der Waals surface area contributed by atoms with Gasteiger partial charge in [0, 0.05) is 44.2 Å². The van der Waals surface area contributed by atoms with E-state index in [0.29, 0.717) is 0 Å². The SMILES string of the molecule is O=NP(=O)(O)CN1CCN(C[P+](O)(O)O)CCN(C[P+](O)(O)O)CC1. The fourth-order valence-corrected chi connectivity index (χ4v) is 4.93. The molecule has 1 rings (SSSR count). The molecular weight excluding hydrogens is 401 g/mol. The monoisotopic (exact) mass is 426 g/mol. The zero-order valence-electron chi connectivity index (χ0n) is 13.4. The molecule has 0 amide bonds. The Balaban J connectivity index is 2.85. The van der Waals surface area contributed by atoms with Gasteiger partial charge in [-0.05, 0) is 0 Å². The van der Waals surface area contributed by atoms with Crippen molar-refractivity contribution in [3.63, 3.8) is 0 Å². The molecule has 25 heavy (non-hydrogen) atoms. The summed E-state index contributed by atoms with van der Waals surface area (Å²) < 4.78 is 11.5. The van der Waals surface area contributed by atoms with Crippen molar-refractivity contribution in [2.45, 2.75) is 0 Å². The van der Waals surface area contributed by atoms with Gasteiger partial charge in [-0.2, -0.15) is 29.4 Å². The maximum atomic E-state index is 11.5. The van der Waals surface area contributed by atoms with Crippen LogP contribution in [0.1, 0.15) is 0 Å². The summed E-state index contributed by atoms with van der Waals surface area (Å²) in [4.78, 5) is 81.9. The molecule has 7 N–H and O–H groups in total. The lowest BCUT2D eigenvalue weighted by molar-refractivity contribution is 0.216. The summed E-state index contributed by atoms with van der Waals surface area (Å²) in [5.41, 5.74) is 0. The van der Waals surface area contributed by atoms with E-state index in [4.69, 9.17) is 0 Å². The largest absolute Gasteiger partial charge is 0.419 e. The first-order valence-electron chi connectivity index (χ1n) is 7.26. The van der Waals surface area contributed by atoms with E-state index < -0.39 is 42.3 Å². The van der Waals surface area contributed by atoms with E-state index in [2.05, 4.69) is 4.95 Å². The lowest BCUT2D eigenvalue weighted by Gasteiger charge is -2.25. The molecule has 1 aliphatic heterocycles. The van der Waals surface area contributed by atoms with Gasteiger partial charge in [-0.15, -0.1) is 4.91 Å². The quantitative estimate of drug-likeness (QED) is 0.179. The molecular formula is C9H25N4O9P3+2. The van der Waals surface area contributed by atoms with Crippen LogP contribution in [0.3, 0.4) is 0 Å². The standard InChI is InChI=1S/C9H24N4O9P3/c14-10-23(15,16)7-11-1-3-12(8-24(17,18)19)5-6-13(4-2-11)9-25(20,21)22/h17-22H,1-9H2/q+1/p+1. The minimum atomic E-state index is -4.24. The zero-order valence-corrected chi connectivity index (χ0v) is 16.1. The first-order valence-corrected chi connectivity index (χ1v) is 12.7. The van der Waals surface area contributed by atoms with Crippen molar-refractivity contribution in [3.05, 3.63) is 4.91 Å². The third-order valence-electron chi connectivity index (χ3n) is 3.49. The predicted molar refractivity (Wildman–Crippen MR) is 92.1 cm³/mol. The van der Waals surface area contributed by atoms with E-state index in [9.17, 15) is 43.7 Å². The van der Waals surface area contributed by atoms with E-state index in [1.165, 1.54) is 14.7 Å². The van der Waals surface area contributed by atoms with Gasteiger partial charge in [0.2, 0.25) is 0 Å². The van der Waals surface area contributed by atoms with Crippen molar-refractivity contribution in [1.29, 1.82) is 0 Å². The first kappa shape index (κ1) is 23.3. The molecule has 16 heteroatoms. The van der Waals surface area contributed by atoms with Crippen LogP contribution >= 0.6 is 23.4 Å². The van der Waals surface area contributed by atoms with Crippen LogP contribution in [0.2, 0.25) is 0 Å². The Bertz CT molecular complexity index is 458. The van der Waals surface area contributed by atoms with Gasteiger partial charge < -0.3 is 4.89 Å². The molecule has 1 fully saturated rings. The number of rotatable bonds is 7. The molecule has 0 bridgehead atoms. The Hall–Kier alpha value is 0.290. The number of hydrogen-bond donors (Lipinski definition) is 7. The number of nitrogens with zero attached hydrogens (tertiary/aromatic N) is 4. The Kier molecular flexibility index (Phi) is 8.84. The highest BCUT2D eigenvalue weighted by atomic mass is 31.2. The Labute approximate surface area is 145 Å². The van der Waals surface area contributed by atoms with Crippen LogP contribution in [0.5, 0.6) is 0 Å². The maximum absolute atomic E-state index is 11.5.